The fraction of sp³-hybridized carbons (Fsp3) is 0.342. The van der Waals surface area contributed by atoms with Gasteiger partial charge in [-0.05, 0) is 22.3 Å². The molecule has 0 aromatic heterocycles. The van der Waals surface area contributed by atoms with Crippen molar-refractivity contribution in [3.63, 3.8) is 0 Å². The molecule has 0 radical (unpaired) electrons. The fourth-order valence-corrected chi connectivity index (χ4v) is 5.87. The van der Waals surface area contributed by atoms with Crippen molar-refractivity contribution in [2.45, 2.75) is 76.3 Å². The molecule has 0 N–H and O–H groups in total. The van der Waals surface area contributed by atoms with E-state index in [1.807, 2.05) is 121 Å². The maximum Gasteiger partial charge on any atom is 0.305 e. The lowest BCUT2D eigenvalue weighted by Crippen LogP contribution is -2.61. The van der Waals surface area contributed by atoms with Crippen LogP contribution in [0.25, 0.3) is 0 Å². The van der Waals surface area contributed by atoms with Gasteiger partial charge in [0.2, 0.25) is 6.29 Å². The van der Waals surface area contributed by atoms with Crippen molar-refractivity contribution < 1.29 is 38.0 Å². The highest BCUT2D eigenvalue weighted by Gasteiger charge is 2.59. The maximum absolute atomic E-state index is 12.2. The third-order valence-electron chi connectivity index (χ3n) is 8.08. The smallest absolute Gasteiger partial charge is 0.305 e. The highest BCUT2D eigenvalue weighted by molar-refractivity contribution is 5.66. The van der Waals surface area contributed by atoms with Gasteiger partial charge in [0.15, 0.2) is 0 Å². The average Bonchev–Trinajstić information content (AvgIpc) is 3.43. The van der Waals surface area contributed by atoms with Crippen LogP contribution >= 0.6 is 0 Å². The molecule has 240 valence electrons. The van der Waals surface area contributed by atoms with Gasteiger partial charge in [-0.15, -0.1) is 0 Å². The SMILES string of the molecule is CC(=O)O[C@@H]1O[C@H]2[C@@H](O[C@H](COCc3ccccc3)[C@H](OCc3ccccc3)[C@@H]2OCc2ccccc2)[C@@H]1OCc1ccccc1. The van der Waals surface area contributed by atoms with E-state index >= 15 is 0 Å². The second kappa shape index (κ2) is 16.1. The summed E-state index contributed by atoms with van der Waals surface area (Å²) in [5.41, 5.74) is 4.06. The van der Waals surface area contributed by atoms with E-state index in [1.165, 1.54) is 6.92 Å². The van der Waals surface area contributed by atoms with Crippen LogP contribution in [0, 0.1) is 0 Å². The Morgan fingerprint density at radius 3 is 1.43 bits per heavy atom. The van der Waals surface area contributed by atoms with Crippen LogP contribution in [-0.2, 0) is 64.4 Å². The number of hydrogen-bond acceptors (Lipinski definition) is 8. The molecule has 0 amide bonds. The summed E-state index contributed by atoms with van der Waals surface area (Å²) in [6.07, 6.45) is -4.63. The van der Waals surface area contributed by atoms with Crippen LogP contribution in [0.15, 0.2) is 121 Å². The Labute approximate surface area is 270 Å². The number of ether oxygens (including phenoxy) is 7. The molecule has 0 unspecified atom stereocenters. The van der Waals surface area contributed by atoms with Gasteiger partial charge < -0.3 is 33.2 Å². The van der Waals surface area contributed by atoms with E-state index in [-0.39, 0.29) is 13.2 Å². The summed E-state index contributed by atoms with van der Waals surface area (Å²) < 4.78 is 44.8. The summed E-state index contributed by atoms with van der Waals surface area (Å²) in [7, 11) is 0. The molecule has 2 aliphatic heterocycles. The Morgan fingerprint density at radius 1 is 0.543 bits per heavy atom. The zero-order valence-electron chi connectivity index (χ0n) is 25.9. The number of fused-ring (bicyclic) bond motifs is 1. The molecule has 0 bridgehead atoms. The summed E-state index contributed by atoms with van der Waals surface area (Å²) >= 11 is 0. The maximum atomic E-state index is 12.2. The van der Waals surface area contributed by atoms with Gasteiger partial charge in [0.25, 0.3) is 0 Å². The van der Waals surface area contributed by atoms with Crippen LogP contribution in [0.2, 0.25) is 0 Å². The van der Waals surface area contributed by atoms with Crippen LogP contribution in [0.4, 0.5) is 0 Å². The van der Waals surface area contributed by atoms with E-state index in [9.17, 15) is 4.79 Å². The molecule has 46 heavy (non-hydrogen) atoms. The minimum absolute atomic E-state index is 0.242. The molecule has 4 aromatic carbocycles. The first-order chi connectivity index (χ1) is 22.6. The molecule has 0 saturated carbocycles. The second-order valence-electron chi connectivity index (χ2n) is 11.5. The third-order valence-corrected chi connectivity index (χ3v) is 8.08. The zero-order valence-corrected chi connectivity index (χ0v) is 25.9. The first kappa shape index (κ1) is 32.1. The first-order valence-corrected chi connectivity index (χ1v) is 15.7. The quantitative estimate of drug-likeness (QED) is 0.158. The minimum Gasteiger partial charge on any atom is -0.433 e. The highest BCUT2D eigenvalue weighted by Crippen LogP contribution is 2.39. The van der Waals surface area contributed by atoms with E-state index in [2.05, 4.69) is 0 Å². The molecule has 6 rings (SSSR count). The fourth-order valence-electron chi connectivity index (χ4n) is 5.87. The normalized spacial score (nSPS) is 25.5. The standard InChI is InChI=1S/C38H40O8/c1-27(39)44-38-37(43-25-31-20-12-5-13-21-31)36-35(46-38)34(42-24-30-18-10-4-11-19-30)33(41-23-29-16-8-3-9-17-29)32(45-36)26-40-22-28-14-6-2-7-15-28/h2-21,32-38H,22-26H2,1H3/t32-,33+,34+,35-,36-,37+,38-/m1/s1. The summed E-state index contributed by atoms with van der Waals surface area (Å²) in [6, 6.07) is 39.7. The van der Waals surface area contributed by atoms with Crippen molar-refractivity contribution in [1.82, 2.24) is 0 Å². The van der Waals surface area contributed by atoms with Gasteiger partial charge in [-0.3, -0.25) is 4.79 Å². The number of carbonyl (C=O) groups excluding carboxylic acids is 1. The molecular formula is C38H40O8. The Bertz CT molecular complexity index is 1470. The summed E-state index contributed by atoms with van der Waals surface area (Å²) in [5, 5.41) is 0. The monoisotopic (exact) mass is 624 g/mol. The molecule has 2 fully saturated rings. The van der Waals surface area contributed by atoms with Crippen molar-refractivity contribution in [1.29, 1.82) is 0 Å². The first-order valence-electron chi connectivity index (χ1n) is 15.7. The van der Waals surface area contributed by atoms with Gasteiger partial charge in [-0.2, -0.15) is 0 Å². The van der Waals surface area contributed by atoms with Crippen molar-refractivity contribution in [2.24, 2.45) is 0 Å². The predicted molar refractivity (Wildman–Crippen MR) is 170 cm³/mol. The van der Waals surface area contributed by atoms with E-state index in [1.54, 1.807) is 0 Å². The van der Waals surface area contributed by atoms with Gasteiger partial charge in [0.1, 0.15) is 36.6 Å². The van der Waals surface area contributed by atoms with Crippen LogP contribution in [0.5, 0.6) is 0 Å². The minimum atomic E-state index is -0.988. The summed E-state index contributed by atoms with van der Waals surface area (Å²) in [5.74, 6) is -0.474. The number of esters is 1. The Hall–Kier alpha value is -3.89. The lowest BCUT2D eigenvalue weighted by atomic mass is 9.93. The van der Waals surface area contributed by atoms with Gasteiger partial charge in [-0.1, -0.05) is 121 Å². The van der Waals surface area contributed by atoms with Crippen LogP contribution in [-0.4, -0.2) is 55.5 Å². The van der Waals surface area contributed by atoms with E-state index in [4.69, 9.17) is 33.2 Å². The number of rotatable bonds is 14. The lowest BCUT2D eigenvalue weighted by molar-refractivity contribution is -0.261. The number of hydrogen-bond donors (Lipinski definition) is 0. The number of benzene rings is 4. The molecule has 8 nitrogen and oxygen atoms in total. The van der Waals surface area contributed by atoms with Crippen LogP contribution in [0.1, 0.15) is 29.2 Å². The van der Waals surface area contributed by atoms with Crippen LogP contribution in [0.3, 0.4) is 0 Å². The molecule has 2 saturated heterocycles. The molecule has 4 aromatic rings. The van der Waals surface area contributed by atoms with Crippen molar-refractivity contribution in [2.75, 3.05) is 6.61 Å². The molecular weight excluding hydrogens is 584 g/mol. The highest BCUT2D eigenvalue weighted by atomic mass is 16.8. The lowest BCUT2D eigenvalue weighted by Gasteiger charge is -2.44. The summed E-state index contributed by atoms with van der Waals surface area (Å²) in [4.78, 5) is 12.2. The zero-order chi connectivity index (χ0) is 31.6. The molecule has 0 aliphatic carbocycles. The van der Waals surface area contributed by atoms with Gasteiger partial charge in [-0.25, -0.2) is 0 Å². The Balaban J connectivity index is 1.28. The largest absolute Gasteiger partial charge is 0.433 e. The van der Waals surface area contributed by atoms with Crippen molar-refractivity contribution in [3.8, 4) is 0 Å². The van der Waals surface area contributed by atoms with Gasteiger partial charge in [0.05, 0.1) is 33.0 Å². The third kappa shape index (κ3) is 8.47. The van der Waals surface area contributed by atoms with E-state index < -0.39 is 48.9 Å². The van der Waals surface area contributed by atoms with Gasteiger partial charge >= 0.3 is 5.97 Å². The van der Waals surface area contributed by atoms with Crippen molar-refractivity contribution in [3.05, 3.63) is 144 Å². The molecule has 8 heteroatoms. The molecule has 2 aliphatic rings. The Morgan fingerprint density at radius 2 is 0.957 bits per heavy atom. The average molecular weight is 625 g/mol. The topological polar surface area (TPSA) is 81.7 Å². The second-order valence-corrected chi connectivity index (χ2v) is 11.5. The van der Waals surface area contributed by atoms with Gasteiger partial charge in [0, 0.05) is 6.92 Å². The molecule has 0 spiro atoms. The summed E-state index contributed by atoms with van der Waals surface area (Å²) in [6.45, 7) is 2.97. The number of carbonyl (C=O) groups is 1. The Kier molecular flexibility index (Phi) is 11.2. The van der Waals surface area contributed by atoms with Crippen molar-refractivity contribution >= 4 is 5.97 Å². The van der Waals surface area contributed by atoms with Crippen LogP contribution < -0.4 is 0 Å². The molecule has 2 heterocycles. The predicted octanol–water partition coefficient (Wildman–Crippen LogP) is 6.01. The van der Waals surface area contributed by atoms with E-state index in [0.29, 0.717) is 19.8 Å². The molecule has 7 atom stereocenters. The van der Waals surface area contributed by atoms with E-state index in [0.717, 1.165) is 22.3 Å².